The van der Waals surface area contributed by atoms with Crippen LogP contribution in [0.3, 0.4) is 0 Å². The normalized spacial score (nSPS) is 11.8. The van der Waals surface area contributed by atoms with Gasteiger partial charge >= 0.3 is 6.08 Å². The minimum absolute atomic E-state index is 0.0155. The predicted molar refractivity (Wildman–Crippen MR) is 72.1 cm³/mol. The number of imidazole rings is 1. The maximum absolute atomic E-state index is 13.1. The molecule has 0 bridgehead atoms. The fourth-order valence-corrected chi connectivity index (χ4v) is 1.67. The van der Waals surface area contributed by atoms with Gasteiger partial charge in [0.1, 0.15) is 5.52 Å². The molecule has 20 heavy (non-hydrogen) atoms. The van der Waals surface area contributed by atoms with Crippen molar-refractivity contribution in [1.82, 2.24) is 19.5 Å². The first-order valence-corrected chi connectivity index (χ1v) is 5.76. The molecule has 7 nitrogen and oxygen atoms in total. The van der Waals surface area contributed by atoms with Crippen LogP contribution in [0.25, 0.3) is 11.2 Å². The summed E-state index contributed by atoms with van der Waals surface area (Å²) in [4.78, 5) is 11.1. The SMILES string of the molecule is C#C.COC(CO)CCn1cnc2c(N)nc(F)nc21. The van der Waals surface area contributed by atoms with Crippen LogP contribution >= 0.6 is 0 Å². The highest BCUT2D eigenvalue weighted by atomic mass is 19.1. The second-order valence-corrected chi connectivity index (χ2v) is 3.82. The minimum atomic E-state index is -0.882. The number of aliphatic hydroxyl groups is 1. The van der Waals surface area contributed by atoms with Crippen LogP contribution in [-0.4, -0.2) is 44.4 Å². The first-order chi connectivity index (χ1) is 9.65. The average molecular weight is 281 g/mol. The number of nitrogens with zero attached hydrogens (tertiary/aromatic N) is 4. The molecule has 8 heteroatoms. The lowest BCUT2D eigenvalue weighted by molar-refractivity contribution is 0.0405. The van der Waals surface area contributed by atoms with E-state index < -0.39 is 6.08 Å². The first-order valence-electron chi connectivity index (χ1n) is 5.76. The van der Waals surface area contributed by atoms with Gasteiger partial charge in [-0.15, -0.1) is 12.8 Å². The molecule has 0 spiro atoms. The highest BCUT2D eigenvalue weighted by Gasteiger charge is 2.12. The summed E-state index contributed by atoms with van der Waals surface area (Å²) in [6.07, 6.45) is 8.92. The van der Waals surface area contributed by atoms with Crippen molar-refractivity contribution in [2.45, 2.75) is 19.1 Å². The molecule has 0 amide bonds. The number of aliphatic hydroxyl groups excluding tert-OH is 1. The molecule has 0 aliphatic carbocycles. The second kappa shape index (κ2) is 7.37. The van der Waals surface area contributed by atoms with Gasteiger partial charge < -0.3 is 20.1 Å². The molecule has 108 valence electrons. The molecule has 0 aromatic carbocycles. The number of nitrogens with two attached hydrogens (primary N) is 1. The maximum atomic E-state index is 13.1. The molecule has 0 aliphatic heterocycles. The second-order valence-electron chi connectivity index (χ2n) is 3.82. The predicted octanol–water partition coefficient (Wildman–Crippen LogP) is 0.194. The van der Waals surface area contributed by atoms with E-state index in [4.69, 9.17) is 15.6 Å². The molecule has 1 unspecified atom stereocenters. The lowest BCUT2D eigenvalue weighted by atomic mass is 10.2. The molecule has 2 aromatic heterocycles. The maximum Gasteiger partial charge on any atom is 0.312 e. The van der Waals surface area contributed by atoms with E-state index in [9.17, 15) is 4.39 Å². The third kappa shape index (κ3) is 3.40. The number of anilines is 1. The molecule has 0 radical (unpaired) electrons. The molecule has 0 saturated carbocycles. The number of halogens is 1. The van der Waals surface area contributed by atoms with E-state index in [-0.39, 0.29) is 18.5 Å². The Labute approximate surface area is 115 Å². The van der Waals surface area contributed by atoms with Gasteiger partial charge in [-0.2, -0.15) is 14.4 Å². The van der Waals surface area contributed by atoms with Crippen LogP contribution in [0.1, 0.15) is 6.42 Å². The Bertz CT molecular complexity index is 580. The van der Waals surface area contributed by atoms with Gasteiger partial charge in [-0.25, -0.2) is 4.98 Å². The molecule has 0 fully saturated rings. The third-order valence-corrected chi connectivity index (χ3v) is 2.69. The Balaban J connectivity index is 0.000000956. The quantitative estimate of drug-likeness (QED) is 0.600. The highest BCUT2D eigenvalue weighted by Crippen LogP contribution is 2.16. The van der Waals surface area contributed by atoms with E-state index in [0.29, 0.717) is 24.1 Å². The van der Waals surface area contributed by atoms with Gasteiger partial charge in [0.05, 0.1) is 19.0 Å². The van der Waals surface area contributed by atoms with E-state index in [0.717, 1.165) is 0 Å². The summed E-state index contributed by atoms with van der Waals surface area (Å²) in [6.45, 7) is 0.417. The number of aromatic nitrogens is 4. The molecule has 2 rings (SSSR count). The van der Waals surface area contributed by atoms with Crippen molar-refractivity contribution in [3.8, 4) is 12.8 Å². The van der Waals surface area contributed by atoms with Crippen molar-refractivity contribution < 1.29 is 14.2 Å². The van der Waals surface area contributed by atoms with E-state index in [1.165, 1.54) is 13.4 Å². The molecule has 2 aromatic rings. The minimum Gasteiger partial charge on any atom is -0.394 e. The van der Waals surface area contributed by atoms with Crippen LogP contribution in [0.2, 0.25) is 0 Å². The van der Waals surface area contributed by atoms with Crippen LogP contribution < -0.4 is 5.73 Å². The summed E-state index contributed by atoms with van der Waals surface area (Å²) in [6, 6.07) is 0. The number of hydrogen-bond donors (Lipinski definition) is 2. The van der Waals surface area contributed by atoms with Crippen molar-refractivity contribution in [2.24, 2.45) is 0 Å². The van der Waals surface area contributed by atoms with Crippen molar-refractivity contribution >= 4 is 17.0 Å². The zero-order valence-electron chi connectivity index (χ0n) is 11.0. The molecular weight excluding hydrogens is 265 g/mol. The third-order valence-electron chi connectivity index (χ3n) is 2.69. The van der Waals surface area contributed by atoms with Gasteiger partial charge in [-0.1, -0.05) is 0 Å². The smallest absolute Gasteiger partial charge is 0.312 e. The summed E-state index contributed by atoms with van der Waals surface area (Å²) < 4.78 is 19.8. The molecule has 0 aliphatic rings. The Hall–Kier alpha value is -2.24. The number of ether oxygens (including phenoxy) is 1. The van der Waals surface area contributed by atoms with Crippen LogP contribution in [-0.2, 0) is 11.3 Å². The Morgan fingerprint density at radius 1 is 1.50 bits per heavy atom. The summed E-state index contributed by atoms with van der Waals surface area (Å²) in [5, 5.41) is 9.00. The van der Waals surface area contributed by atoms with Crippen molar-refractivity contribution in [2.75, 3.05) is 19.5 Å². The van der Waals surface area contributed by atoms with Crippen LogP contribution in [0.5, 0.6) is 0 Å². The summed E-state index contributed by atoms with van der Waals surface area (Å²) in [7, 11) is 1.52. The molecular formula is C12H16FN5O2. The lowest BCUT2D eigenvalue weighted by Crippen LogP contribution is -2.18. The van der Waals surface area contributed by atoms with Crippen LogP contribution in [0.4, 0.5) is 10.2 Å². The monoisotopic (exact) mass is 281 g/mol. The van der Waals surface area contributed by atoms with Gasteiger partial charge in [0, 0.05) is 13.7 Å². The number of fused-ring (bicyclic) bond motifs is 1. The first kappa shape index (κ1) is 15.8. The number of terminal acetylenes is 1. The van der Waals surface area contributed by atoms with E-state index in [1.807, 2.05) is 0 Å². The lowest BCUT2D eigenvalue weighted by Gasteiger charge is -2.12. The molecule has 3 N–H and O–H groups in total. The van der Waals surface area contributed by atoms with Gasteiger partial charge in [0.15, 0.2) is 11.5 Å². The molecule has 1 atom stereocenters. The van der Waals surface area contributed by atoms with Gasteiger partial charge in [0.2, 0.25) is 0 Å². The number of hydrogen-bond acceptors (Lipinski definition) is 6. The largest absolute Gasteiger partial charge is 0.394 e. The standard InChI is InChI=1S/C10H14FN5O2.C2H2/c1-18-6(4-17)2-3-16-5-13-7-8(12)14-10(11)15-9(7)16;1-2/h5-6,17H,2-4H2,1H3,(H2,12,14,15);1-2H. The van der Waals surface area contributed by atoms with Crippen LogP contribution in [0.15, 0.2) is 6.33 Å². The number of rotatable bonds is 5. The summed E-state index contributed by atoms with van der Waals surface area (Å²) in [5.74, 6) is 0.0155. The summed E-state index contributed by atoms with van der Waals surface area (Å²) in [5.41, 5.74) is 6.26. The van der Waals surface area contributed by atoms with E-state index in [1.54, 1.807) is 4.57 Å². The van der Waals surface area contributed by atoms with Crippen molar-refractivity contribution in [3.63, 3.8) is 0 Å². The Morgan fingerprint density at radius 3 is 2.80 bits per heavy atom. The van der Waals surface area contributed by atoms with Crippen molar-refractivity contribution in [1.29, 1.82) is 0 Å². The van der Waals surface area contributed by atoms with Crippen molar-refractivity contribution in [3.05, 3.63) is 12.4 Å². The van der Waals surface area contributed by atoms with Gasteiger partial charge in [-0.05, 0) is 6.42 Å². The van der Waals surface area contributed by atoms with E-state index in [2.05, 4.69) is 27.8 Å². The zero-order chi connectivity index (χ0) is 15.1. The fraction of sp³-hybridized carbons (Fsp3) is 0.417. The van der Waals surface area contributed by atoms with E-state index >= 15 is 0 Å². The summed E-state index contributed by atoms with van der Waals surface area (Å²) >= 11 is 0. The molecule has 2 heterocycles. The average Bonchev–Trinajstić information content (AvgIpc) is 2.85. The van der Waals surface area contributed by atoms with Gasteiger partial charge in [-0.3, -0.25) is 0 Å². The van der Waals surface area contributed by atoms with Crippen LogP contribution in [0, 0.1) is 18.9 Å². The highest BCUT2D eigenvalue weighted by molar-refractivity contribution is 5.81. The number of nitrogen functional groups attached to an aromatic ring is 1. The zero-order valence-corrected chi connectivity index (χ0v) is 11.0. The molecule has 0 saturated heterocycles. The number of aryl methyl sites for hydroxylation is 1. The fourth-order valence-electron chi connectivity index (χ4n) is 1.67. The number of methoxy groups -OCH3 is 1. The van der Waals surface area contributed by atoms with Gasteiger partial charge in [0.25, 0.3) is 0 Å². The Morgan fingerprint density at radius 2 is 2.20 bits per heavy atom. The Kier molecular flexibility index (Phi) is 5.83. The topological polar surface area (TPSA) is 99.1 Å².